The first kappa shape index (κ1) is 16.3. The summed E-state index contributed by atoms with van der Waals surface area (Å²) in [6.07, 6.45) is 2.79. The maximum atomic E-state index is 12.6. The van der Waals surface area contributed by atoms with Crippen LogP contribution < -0.4 is 10.1 Å². The number of amides is 1. The number of carbonyl (C=O) groups is 1. The normalized spacial score (nSPS) is 11.2. The fraction of sp³-hybridized carbons (Fsp3) is 0.190. The standard InChI is InChI=1S/C21H21N3O2/c1-24-18-8-5-9-20(26-2)16(18)12-19(24)21(25)22-11-10-14-13-23-17-7-4-3-6-15(14)17/h3-9,12-13,23H,10-11H2,1-2H3,(H,22,25). The number of ether oxygens (including phenoxy) is 1. The van der Waals surface area contributed by atoms with Crippen LogP contribution in [-0.4, -0.2) is 29.1 Å². The van der Waals surface area contributed by atoms with Crippen molar-refractivity contribution in [2.45, 2.75) is 6.42 Å². The first-order valence-electron chi connectivity index (χ1n) is 8.64. The number of aryl methyl sites for hydroxylation is 1. The van der Waals surface area contributed by atoms with E-state index in [0.29, 0.717) is 12.2 Å². The zero-order chi connectivity index (χ0) is 18.1. The minimum Gasteiger partial charge on any atom is -0.496 e. The molecule has 0 spiro atoms. The van der Waals surface area contributed by atoms with Crippen LogP contribution >= 0.6 is 0 Å². The van der Waals surface area contributed by atoms with Gasteiger partial charge in [0, 0.05) is 36.1 Å². The summed E-state index contributed by atoms with van der Waals surface area (Å²) in [6.45, 7) is 0.583. The van der Waals surface area contributed by atoms with Crippen LogP contribution in [0.15, 0.2) is 54.7 Å². The Hall–Kier alpha value is -3.21. The number of nitrogens with one attached hydrogen (secondary N) is 2. The number of para-hydroxylation sites is 1. The van der Waals surface area contributed by atoms with E-state index in [-0.39, 0.29) is 5.91 Å². The van der Waals surface area contributed by atoms with E-state index in [2.05, 4.69) is 22.4 Å². The summed E-state index contributed by atoms with van der Waals surface area (Å²) < 4.78 is 7.30. The van der Waals surface area contributed by atoms with E-state index in [9.17, 15) is 4.79 Å². The van der Waals surface area contributed by atoms with E-state index in [4.69, 9.17) is 4.74 Å². The molecule has 0 atom stereocenters. The molecule has 0 unspecified atom stereocenters. The zero-order valence-corrected chi connectivity index (χ0v) is 14.9. The third-order valence-corrected chi connectivity index (χ3v) is 4.85. The summed E-state index contributed by atoms with van der Waals surface area (Å²) in [7, 11) is 3.54. The van der Waals surface area contributed by atoms with Crippen molar-refractivity contribution in [2.24, 2.45) is 7.05 Å². The van der Waals surface area contributed by atoms with Gasteiger partial charge in [0.2, 0.25) is 0 Å². The highest BCUT2D eigenvalue weighted by molar-refractivity contribution is 6.00. The lowest BCUT2D eigenvalue weighted by Crippen LogP contribution is -2.27. The molecule has 0 saturated heterocycles. The van der Waals surface area contributed by atoms with Crippen molar-refractivity contribution in [1.82, 2.24) is 14.9 Å². The van der Waals surface area contributed by atoms with Crippen molar-refractivity contribution in [3.8, 4) is 5.75 Å². The summed E-state index contributed by atoms with van der Waals surface area (Å²) in [5.74, 6) is 0.696. The molecule has 0 bridgehead atoms. The number of hydrogen-bond donors (Lipinski definition) is 2. The van der Waals surface area contributed by atoms with Crippen molar-refractivity contribution in [3.63, 3.8) is 0 Å². The molecule has 0 aliphatic carbocycles. The molecule has 132 valence electrons. The second-order valence-corrected chi connectivity index (χ2v) is 6.35. The van der Waals surface area contributed by atoms with Gasteiger partial charge in [0.15, 0.2) is 0 Å². The van der Waals surface area contributed by atoms with Gasteiger partial charge in [-0.15, -0.1) is 0 Å². The molecule has 0 fully saturated rings. The average molecular weight is 347 g/mol. The van der Waals surface area contributed by atoms with Crippen LogP contribution in [0.1, 0.15) is 16.1 Å². The number of carbonyl (C=O) groups excluding carboxylic acids is 1. The molecule has 4 aromatic rings. The van der Waals surface area contributed by atoms with E-state index in [1.165, 1.54) is 10.9 Å². The third kappa shape index (κ3) is 2.71. The Kier molecular flexibility index (Phi) is 4.13. The van der Waals surface area contributed by atoms with Crippen molar-refractivity contribution < 1.29 is 9.53 Å². The predicted molar refractivity (Wildman–Crippen MR) is 104 cm³/mol. The Balaban J connectivity index is 1.50. The maximum Gasteiger partial charge on any atom is 0.267 e. The fourth-order valence-corrected chi connectivity index (χ4v) is 3.47. The number of methoxy groups -OCH3 is 1. The first-order chi connectivity index (χ1) is 12.7. The molecule has 0 radical (unpaired) electrons. The fourth-order valence-electron chi connectivity index (χ4n) is 3.47. The zero-order valence-electron chi connectivity index (χ0n) is 14.9. The molecular weight excluding hydrogens is 326 g/mol. The molecule has 5 nitrogen and oxygen atoms in total. The summed E-state index contributed by atoms with van der Waals surface area (Å²) in [6, 6.07) is 15.9. The van der Waals surface area contributed by atoms with Crippen LogP contribution in [0.5, 0.6) is 5.75 Å². The number of H-pyrrole nitrogens is 1. The number of aromatic nitrogens is 2. The molecule has 0 aliphatic heterocycles. The number of fused-ring (bicyclic) bond motifs is 2. The Bertz CT molecular complexity index is 1090. The van der Waals surface area contributed by atoms with Crippen LogP contribution in [0.25, 0.3) is 21.8 Å². The Morgan fingerprint density at radius 3 is 2.85 bits per heavy atom. The molecule has 2 heterocycles. The van der Waals surface area contributed by atoms with Crippen LogP contribution in [0.3, 0.4) is 0 Å². The van der Waals surface area contributed by atoms with Gasteiger partial charge in [-0.3, -0.25) is 4.79 Å². The van der Waals surface area contributed by atoms with Crippen LogP contribution in [-0.2, 0) is 13.5 Å². The molecule has 0 aliphatic rings. The second kappa shape index (κ2) is 6.59. The quantitative estimate of drug-likeness (QED) is 0.579. The number of hydrogen-bond acceptors (Lipinski definition) is 2. The lowest BCUT2D eigenvalue weighted by Gasteiger charge is -2.06. The number of rotatable bonds is 5. The Labute approximate surface area is 151 Å². The van der Waals surface area contributed by atoms with Crippen molar-refractivity contribution >= 4 is 27.7 Å². The topological polar surface area (TPSA) is 59.0 Å². The molecule has 1 amide bonds. The molecule has 2 N–H and O–H groups in total. The number of nitrogens with zero attached hydrogens (tertiary/aromatic N) is 1. The Morgan fingerprint density at radius 2 is 2.00 bits per heavy atom. The van der Waals surface area contributed by atoms with Gasteiger partial charge in [-0.2, -0.15) is 0 Å². The number of aromatic amines is 1. The molecular formula is C21H21N3O2. The predicted octanol–water partition coefficient (Wildman–Crippen LogP) is 3.64. The van der Waals surface area contributed by atoms with Gasteiger partial charge >= 0.3 is 0 Å². The van der Waals surface area contributed by atoms with E-state index in [1.54, 1.807) is 7.11 Å². The summed E-state index contributed by atoms with van der Waals surface area (Å²) in [5, 5.41) is 5.18. The lowest BCUT2D eigenvalue weighted by molar-refractivity contribution is 0.0946. The SMILES string of the molecule is COc1cccc2c1cc(C(=O)NCCc1c[nH]c3ccccc13)n2C. The summed E-state index contributed by atoms with van der Waals surface area (Å²) in [4.78, 5) is 15.9. The van der Waals surface area contributed by atoms with E-state index in [0.717, 1.165) is 28.6 Å². The molecule has 26 heavy (non-hydrogen) atoms. The average Bonchev–Trinajstić information content (AvgIpc) is 3.23. The Morgan fingerprint density at radius 1 is 1.15 bits per heavy atom. The molecule has 0 saturated carbocycles. The van der Waals surface area contributed by atoms with E-state index >= 15 is 0 Å². The monoisotopic (exact) mass is 347 g/mol. The van der Waals surface area contributed by atoms with Crippen molar-refractivity contribution in [1.29, 1.82) is 0 Å². The second-order valence-electron chi connectivity index (χ2n) is 6.35. The van der Waals surface area contributed by atoms with Gasteiger partial charge in [0.1, 0.15) is 11.4 Å². The van der Waals surface area contributed by atoms with Gasteiger partial charge in [0.05, 0.1) is 12.6 Å². The van der Waals surface area contributed by atoms with Crippen LogP contribution in [0.2, 0.25) is 0 Å². The molecule has 4 rings (SSSR count). The summed E-state index contributed by atoms with van der Waals surface area (Å²) in [5.41, 5.74) is 3.93. The van der Waals surface area contributed by atoms with E-state index in [1.807, 2.05) is 54.2 Å². The first-order valence-corrected chi connectivity index (χ1v) is 8.64. The summed E-state index contributed by atoms with van der Waals surface area (Å²) >= 11 is 0. The van der Waals surface area contributed by atoms with Crippen molar-refractivity contribution in [2.75, 3.05) is 13.7 Å². The highest BCUT2D eigenvalue weighted by atomic mass is 16.5. The van der Waals surface area contributed by atoms with Gasteiger partial charge < -0.3 is 19.6 Å². The van der Waals surface area contributed by atoms with Gasteiger partial charge in [-0.25, -0.2) is 0 Å². The third-order valence-electron chi connectivity index (χ3n) is 4.85. The van der Waals surface area contributed by atoms with Crippen LogP contribution in [0.4, 0.5) is 0 Å². The van der Waals surface area contributed by atoms with Crippen LogP contribution in [0, 0.1) is 0 Å². The highest BCUT2D eigenvalue weighted by Crippen LogP contribution is 2.28. The number of benzene rings is 2. The minimum absolute atomic E-state index is 0.0782. The minimum atomic E-state index is -0.0782. The molecule has 2 aromatic carbocycles. The molecule has 5 heteroatoms. The molecule has 2 aromatic heterocycles. The highest BCUT2D eigenvalue weighted by Gasteiger charge is 2.15. The van der Waals surface area contributed by atoms with Gasteiger partial charge in [-0.05, 0) is 36.2 Å². The largest absolute Gasteiger partial charge is 0.496 e. The maximum absolute atomic E-state index is 12.6. The van der Waals surface area contributed by atoms with Crippen molar-refractivity contribution in [3.05, 3.63) is 66.0 Å². The van der Waals surface area contributed by atoms with E-state index < -0.39 is 0 Å². The lowest BCUT2D eigenvalue weighted by atomic mass is 10.1. The smallest absolute Gasteiger partial charge is 0.267 e. The van der Waals surface area contributed by atoms with Gasteiger partial charge in [-0.1, -0.05) is 24.3 Å². The van der Waals surface area contributed by atoms with Gasteiger partial charge in [0.25, 0.3) is 5.91 Å².